The quantitative estimate of drug-likeness (QED) is 0.436. The fourth-order valence-corrected chi connectivity index (χ4v) is 2.92. The van der Waals surface area contributed by atoms with E-state index in [1.807, 2.05) is 0 Å². The van der Waals surface area contributed by atoms with E-state index in [0.717, 1.165) is 0 Å². The van der Waals surface area contributed by atoms with Crippen molar-refractivity contribution in [2.75, 3.05) is 13.2 Å². The molecule has 4 nitrogen and oxygen atoms in total. The molecule has 0 bridgehead atoms. The summed E-state index contributed by atoms with van der Waals surface area (Å²) in [5.41, 5.74) is -2.11. The predicted molar refractivity (Wildman–Crippen MR) is 109 cm³/mol. The van der Waals surface area contributed by atoms with E-state index in [1.54, 1.807) is 31.2 Å². The van der Waals surface area contributed by atoms with E-state index in [-0.39, 0.29) is 36.8 Å². The molecule has 0 radical (unpaired) electrons. The van der Waals surface area contributed by atoms with Gasteiger partial charge in [-0.25, -0.2) is 4.79 Å². The number of hydrogen-bond donors (Lipinski definition) is 1. The smallest absolute Gasteiger partial charge is 0.416 e. The van der Waals surface area contributed by atoms with E-state index in [1.165, 1.54) is 13.0 Å². The summed E-state index contributed by atoms with van der Waals surface area (Å²) in [6.45, 7) is 3.23. The summed E-state index contributed by atoms with van der Waals surface area (Å²) in [5.74, 6) is -0.688. The molecule has 2 rings (SSSR count). The number of allylic oxidation sites excluding steroid dienone is 1. The van der Waals surface area contributed by atoms with Crippen molar-refractivity contribution in [3.8, 4) is 5.75 Å². The minimum atomic E-state index is -4.92. The van der Waals surface area contributed by atoms with Crippen LogP contribution in [0.2, 0.25) is 0 Å². The van der Waals surface area contributed by atoms with Gasteiger partial charge in [0.05, 0.1) is 11.1 Å². The molecule has 10 heteroatoms. The minimum absolute atomic E-state index is 0.0787. The average molecular weight is 476 g/mol. The molecule has 0 aliphatic carbocycles. The van der Waals surface area contributed by atoms with Gasteiger partial charge in [-0.2, -0.15) is 26.3 Å². The standard InChI is InChI=1S/C23H22F6O4/c1-3-32-20(21(30)31)10-15-4-6-19(7-5-15)33-9-8-14(2)16-11-17(22(24,25)26)13-18(12-16)23(27,28)29/h4-8,11-13,20H,3,9-10H2,1-2H3,(H,30,31)/t20-/m0/s1. The lowest BCUT2D eigenvalue weighted by atomic mass is 10.00. The summed E-state index contributed by atoms with van der Waals surface area (Å²) >= 11 is 0. The Morgan fingerprint density at radius 1 is 1.00 bits per heavy atom. The molecule has 33 heavy (non-hydrogen) atoms. The first-order chi connectivity index (χ1) is 15.3. The average Bonchev–Trinajstić information content (AvgIpc) is 2.73. The van der Waals surface area contributed by atoms with Gasteiger partial charge in [-0.05, 0) is 67.0 Å². The van der Waals surface area contributed by atoms with Crippen LogP contribution in [0.4, 0.5) is 26.3 Å². The van der Waals surface area contributed by atoms with Crippen LogP contribution in [-0.2, 0) is 28.3 Å². The fraction of sp³-hybridized carbons (Fsp3) is 0.348. The van der Waals surface area contributed by atoms with Crippen LogP contribution < -0.4 is 4.74 Å². The molecule has 0 saturated heterocycles. The third-order valence-corrected chi connectivity index (χ3v) is 4.67. The van der Waals surface area contributed by atoms with Gasteiger partial charge in [0.1, 0.15) is 12.4 Å². The molecular weight excluding hydrogens is 454 g/mol. The molecule has 0 aliphatic heterocycles. The monoisotopic (exact) mass is 476 g/mol. The van der Waals surface area contributed by atoms with E-state index >= 15 is 0 Å². The van der Waals surface area contributed by atoms with Crippen LogP contribution in [0.5, 0.6) is 5.75 Å². The minimum Gasteiger partial charge on any atom is -0.490 e. The van der Waals surface area contributed by atoms with Crippen molar-refractivity contribution >= 4 is 11.5 Å². The number of hydrogen-bond acceptors (Lipinski definition) is 3. The first kappa shape index (κ1) is 26.2. The Balaban J connectivity index is 2.10. The first-order valence-electron chi connectivity index (χ1n) is 9.84. The van der Waals surface area contributed by atoms with Crippen molar-refractivity contribution in [2.24, 2.45) is 0 Å². The number of aliphatic carboxylic acids is 1. The number of carboxylic acids is 1. The number of rotatable bonds is 9. The number of carbonyl (C=O) groups is 1. The molecule has 0 unspecified atom stereocenters. The number of halogens is 6. The Morgan fingerprint density at radius 3 is 2.00 bits per heavy atom. The Labute approximate surface area is 186 Å². The second-order valence-corrected chi connectivity index (χ2v) is 7.12. The third-order valence-electron chi connectivity index (χ3n) is 4.67. The highest BCUT2D eigenvalue weighted by Gasteiger charge is 2.37. The van der Waals surface area contributed by atoms with Crippen molar-refractivity contribution in [2.45, 2.75) is 38.7 Å². The molecule has 2 aromatic rings. The molecule has 180 valence electrons. The molecule has 0 aromatic heterocycles. The molecule has 2 aromatic carbocycles. The van der Waals surface area contributed by atoms with Crippen molar-refractivity contribution < 1.29 is 45.7 Å². The van der Waals surface area contributed by atoms with E-state index in [0.29, 0.717) is 23.4 Å². The normalized spacial score (nSPS) is 13.6. The molecule has 0 aliphatic rings. The zero-order valence-electron chi connectivity index (χ0n) is 17.8. The lowest BCUT2D eigenvalue weighted by molar-refractivity contribution is -0.150. The van der Waals surface area contributed by atoms with Crippen LogP contribution >= 0.6 is 0 Å². The highest BCUT2D eigenvalue weighted by Crippen LogP contribution is 2.37. The molecule has 1 atom stereocenters. The summed E-state index contributed by atoms with van der Waals surface area (Å²) < 4.78 is 88.7. The maximum Gasteiger partial charge on any atom is 0.416 e. The van der Waals surface area contributed by atoms with Crippen molar-refractivity contribution in [3.63, 3.8) is 0 Å². The molecule has 0 spiro atoms. The summed E-state index contributed by atoms with van der Waals surface area (Å²) in [6, 6.07) is 7.84. The van der Waals surface area contributed by atoms with E-state index in [4.69, 9.17) is 14.6 Å². The zero-order valence-corrected chi connectivity index (χ0v) is 17.8. The Bertz CT molecular complexity index is 946. The topological polar surface area (TPSA) is 55.8 Å². The van der Waals surface area contributed by atoms with Gasteiger partial charge >= 0.3 is 18.3 Å². The molecule has 0 saturated carbocycles. The van der Waals surface area contributed by atoms with Gasteiger partial charge in [-0.3, -0.25) is 0 Å². The summed E-state index contributed by atoms with van der Waals surface area (Å²) in [7, 11) is 0. The second kappa shape index (κ2) is 10.7. The van der Waals surface area contributed by atoms with E-state index < -0.39 is 35.6 Å². The molecule has 1 N–H and O–H groups in total. The molecule has 0 amide bonds. The maximum atomic E-state index is 13.0. The van der Waals surface area contributed by atoms with Gasteiger partial charge in [-0.15, -0.1) is 0 Å². The van der Waals surface area contributed by atoms with Crippen molar-refractivity contribution in [3.05, 3.63) is 70.8 Å². The van der Waals surface area contributed by atoms with Gasteiger partial charge in [0, 0.05) is 13.0 Å². The largest absolute Gasteiger partial charge is 0.490 e. The number of benzene rings is 2. The summed E-state index contributed by atoms with van der Waals surface area (Å²) in [5, 5.41) is 9.12. The van der Waals surface area contributed by atoms with Crippen molar-refractivity contribution in [1.82, 2.24) is 0 Å². The van der Waals surface area contributed by atoms with Gasteiger partial charge in [0.2, 0.25) is 0 Å². The molecule has 0 fully saturated rings. The first-order valence-corrected chi connectivity index (χ1v) is 9.84. The van der Waals surface area contributed by atoms with Gasteiger partial charge in [-0.1, -0.05) is 12.1 Å². The highest BCUT2D eigenvalue weighted by molar-refractivity contribution is 5.72. The summed E-state index contributed by atoms with van der Waals surface area (Å²) in [4.78, 5) is 11.2. The van der Waals surface area contributed by atoms with E-state index in [9.17, 15) is 31.1 Å². The lowest BCUT2D eigenvalue weighted by Gasteiger charge is -2.15. The van der Waals surface area contributed by atoms with Crippen LogP contribution in [0.15, 0.2) is 48.5 Å². The number of alkyl halides is 6. The lowest BCUT2D eigenvalue weighted by Crippen LogP contribution is -2.26. The van der Waals surface area contributed by atoms with Crippen LogP contribution in [-0.4, -0.2) is 30.4 Å². The molecular formula is C23H22F6O4. The SMILES string of the molecule is CCO[C@@H](Cc1ccc(OCC=C(C)c2cc(C(F)(F)F)cc(C(F)(F)F)c2)cc1)C(=O)O. The third kappa shape index (κ3) is 7.81. The highest BCUT2D eigenvalue weighted by atomic mass is 19.4. The van der Waals surface area contributed by atoms with Crippen LogP contribution in [0.1, 0.15) is 36.1 Å². The summed E-state index contributed by atoms with van der Waals surface area (Å²) in [6.07, 6.45) is -9.30. The van der Waals surface area contributed by atoms with Crippen LogP contribution in [0.3, 0.4) is 0 Å². The van der Waals surface area contributed by atoms with Crippen LogP contribution in [0, 0.1) is 0 Å². The van der Waals surface area contributed by atoms with Gasteiger partial charge in [0.25, 0.3) is 0 Å². The van der Waals surface area contributed by atoms with E-state index in [2.05, 4.69) is 0 Å². The van der Waals surface area contributed by atoms with Crippen LogP contribution in [0.25, 0.3) is 5.57 Å². The fourth-order valence-electron chi connectivity index (χ4n) is 2.92. The Morgan fingerprint density at radius 2 is 1.55 bits per heavy atom. The predicted octanol–water partition coefficient (Wildman–Crippen LogP) is 6.24. The second-order valence-electron chi connectivity index (χ2n) is 7.12. The number of ether oxygens (including phenoxy) is 2. The maximum absolute atomic E-state index is 13.0. The zero-order chi connectivity index (χ0) is 24.8. The van der Waals surface area contributed by atoms with Gasteiger partial charge in [0.15, 0.2) is 6.10 Å². The Kier molecular flexibility index (Phi) is 8.54. The van der Waals surface area contributed by atoms with Gasteiger partial charge < -0.3 is 14.6 Å². The number of carboxylic acid groups (broad SMARTS) is 1. The molecule has 0 heterocycles. The van der Waals surface area contributed by atoms with Crippen molar-refractivity contribution in [1.29, 1.82) is 0 Å². The Hall–Kier alpha value is -3.01.